The molecule has 1 aromatic heterocycles. The lowest BCUT2D eigenvalue weighted by Crippen LogP contribution is -2.32. The van der Waals surface area contributed by atoms with E-state index in [1.54, 1.807) is 6.07 Å². The van der Waals surface area contributed by atoms with Gasteiger partial charge in [0.1, 0.15) is 5.82 Å². The van der Waals surface area contributed by atoms with Crippen molar-refractivity contribution in [2.75, 3.05) is 6.54 Å². The van der Waals surface area contributed by atoms with Crippen LogP contribution in [0.1, 0.15) is 24.8 Å². The van der Waals surface area contributed by atoms with Crippen molar-refractivity contribution in [3.8, 4) is 0 Å². The monoisotopic (exact) mass is 286 g/mol. The first-order valence-corrected chi connectivity index (χ1v) is 7.42. The number of carbonyl (C=O) groups excluding carboxylic acids is 1. The molecule has 0 saturated carbocycles. The van der Waals surface area contributed by atoms with Crippen LogP contribution in [0.25, 0.3) is 10.9 Å². The number of benzene rings is 1. The van der Waals surface area contributed by atoms with Gasteiger partial charge in [0.05, 0.1) is 0 Å². The minimum absolute atomic E-state index is 0.118. The second-order valence-corrected chi connectivity index (χ2v) is 5.53. The third-order valence-electron chi connectivity index (χ3n) is 4.06. The predicted molar refractivity (Wildman–Crippen MR) is 81.5 cm³/mol. The number of halogens is 1. The SMILES string of the molecule is O=C(NCCc1c[nH]c2cc(F)ccc12)[C@H]1CC=CCC1. The molecule has 1 aliphatic rings. The molecule has 1 aromatic carbocycles. The first kappa shape index (κ1) is 13.9. The van der Waals surface area contributed by atoms with E-state index >= 15 is 0 Å². The number of nitrogens with one attached hydrogen (secondary N) is 2. The van der Waals surface area contributed by atoms with Crippen LogP contribution in [-0.4, -0.2) is 17.4 Å². The first-order chi connectivity index (χ1) is 10.2. The highest BCUT2D eigenvalue weighted by atomic mass is 19.1. The molecule has 1 aliphatic carbocycles. The molecular formula is C17H19FN2O. The van der Waals surface area contributed by atoms with Gasteiger partial charge in [0, 0.05) is 29.6 Å². The van der Waals surface area contributed by atoms with Crippen LogP contribution in [0.4, 0.5) is 4.39 Å². The Morgan fingerprint density at radius 2 is 2.29 bits per heavy atom. The topological polar surface area (TPSA) is 44.9 Å². The Hall–Kier alpha value is -2.10. The Labute approximate surface area is 123 Å². The van der Waals surface area contributed by atoms with Gasteiger partial charge >= 0.3 is 0 Å². The van der Waals surface area contributed by atoms with Crippen molar-refractivity contribution in [3.63, 3.8) is 0 Å². The van der Waals surface area contributed by atoms with Crippen LogP contribution in [0.2, 0.25) is 0 Å². The Bertz CT molecular complexity index is 674. The molecule has 0 unspecified atom stereocenters. The molecule has 1 heterocycles. The molecule has 110 valence electrons. The molecule has 0 aliphatic heterocycles. The van der Waals surface area contributed by atoms with Crippen LogP contribution < -0.4 is 5.32 Å². The highest BCUT2D eigenvalue weighted by molar-refractivity contribution is 5.83. The van der Waals surface area contributed by atoms with Crippen molar-refractivity contribution >= 4 is 16.8 Å². The van der Waals surface area contributed by atoms with E-state index in [9.17, 15) is 9.18 Å². The fourth-order valence-corrected chi connectivity index (χ4v) is 2.86. The van der Waals surface area contributed by atoms with Gasteiger partial charge in [-0.25, -0.2) is 4.39 Å². The summed E-state index contributed by atoms with van der Waals surface area (Å²) in [6.07, 6.45) is 9.63. The lowest BCUT2D eigenvalue weighted by atomic mass is 9.93. The summed E-state index contributed by atoms with van der Waals surface area (Å²) >= 11 is 0. The zero-order valence-corrected chi connectivity index (χ0v) is 11.9. The van der Waals surface area contributed by atoms with Crippen molar-refractivity contribution in [2.45, 2.75) is 25.7 Å². The van der Waals surface area contributed by atoms with Crippen LogP contribution in [0, 0.1) is 11.7 Å². The number of H-pyrrole nitrogens is 1. The number of allylic oxidation sites excluding steroid dienone is 2. The second kappa shape index (κ2) is 6.12. The van der Waals surface area contributed by atoms with E-state index in [0.29, 0.717) is 6.54 Å². The van der Waals surface area contributed by atoms with E-state index in [-0.39, 0.29) is 17.6 Å². The minimum atomic E-state index is -0.241. The minimum Gasteiger partial charge on any atom is -0.361 e. The van der Waals surface area contributed by atoms with Gasteiger partial charge in [-0.3, -0.25) is 4.79 Å². The fraction of sp³-hybridized carbons (Fsp3) is 0.353. The highest BCUT2D eigenvalue weighted by Crippen LogP contribution is 2.20. The normalized spacial score (nSPS) is 18.0. The number of carbonyl (C=O) groups is 1. The van der Waals surface area contributed by atoms with Gasteiger partial charge in [0.25, 0.3) is 0 Å². The van der Waals surface area contributed by atoms with Crippen molar-refractivity contribution in [1.82, 2.24) is 10.3 Å². The molecular weight excluding hydrogens is 267 g/mol. The van der Waals surface area contributed by atoms with Gasteiger partial charge in [0.2, 0.25) is 5.91 Å². The molecule has 0 bridgehead atoms. The van der Waals surface area contributed by atoms with Crippen molar-refractivity contribution in [3.05, 3.63) is 47.9 Å². The Balaban J connectivity index is 1.57. The summed E-state index contributed by atoms with van der Waals surface area (Å²) in [5, 5.41) is 4.03. The summed E-state index contributed by atoms with van der Waals surface area (Å²) in [6, 6.07) is 4.74. The molecule has 1 amide bonds. The summed E-state index contributed by atoms with van der Waals surface area (Å²) in [4.78, 5) is 15.1. The number of aromatic amines is 1. The Morgan fingerprint density at radius 3 is 3.10 bits per heavy atom. The molecule has 0 saturated heterocycles. The number of amides is 1. The molecule has 1 atom stereocenters. The Kier molecular flexibility index (Phi) is 4.04. The number of hydrogen-bond donors (Lipinski definition) is 2. The standard InChI is InChI=1S/C17H19FN2O/c18-14-6-7-15-13(11-20-16(15)10-14)8-9-19-17(21)12-4-2-1-3-5-12/h1-2,6-7,10-12,20H,3-5,8-9H2,(H,19,21)/t12-/m0/s1. The molecule has 2 N–H and O–H groups in total. The van der Waals surface area contributed by atoms with Crippen LogP contribution in [0.5, 0.6) is 0 Å². The van der Waals surface area contributed by atoms with Gasteiger partial charge in [0.15, 0.2) is 0 Å². The number of fused-ring (bicyclic) bond motifs is 1. The maximum atomic E-state index is 13.1. The van der Waals surface area contributed by atoms with E-state index in [4.69, 9.17) is 0 Å². The lowest BCUT2D eigenvalue weighted by molar-refractivity contribution is -0.125. The van der Waals surface area contributed by atoms with Gasteiger partial charge in [-0.2, -0.15) is 0 Å². The number of aromatic nitrogens is 1. The molecule has 3 nitrogen and oxygen atoms in total. The molecule has 4 heteroatoms. The third kappa shape index (κ3) is 3.15. The molecule has 0 fully saturated rings. The summed E-state index contributed by atoms with van der Waals surface area (Å²) in [6.45, 7) is 0.614. The summed E-state index contributed by atoms with van der Waals surface area (Å²) in [5.74, 6) is 0.0202. The quantitative estimate of drug-likeness (QED) is 0.832. The van der Waals surface area contributed by atoms with Crippen molar-refractivity contribution < 1.29 is 9.18 Å². The summed E-state index contributed by atoms with van der Waals surface area (Å²) < 4.78 is 13.1. The largest absolute Gasteiger partial charge is 0.361 e. The average Bonchev–Trinajstić information content (AvgIpc) is 2.90. The summed E-state index contributed by atoms with van der Waals surface area (Å²) in [5.41, 5.74) is 1.91. The van der Waals surface area contributed by atoms with Gasteiger partial charge in [-0.15, -0.1) is 0 Å². The first-order valence-electron chi connectivity index (χ1n) is 7.42. The third-order valence-corrected chi connectivity index (χ3v) is 4.06. The van der Waals surface area contributed by atoms with Crippen LogP contribution in [0.15, 0.2) is 36.5 Å². The van der Waals surface area contributed by atoms with E-state index < -0.39 is 0 Å². The molecule has 2 aromatic rings. The van der Waals surface area contributed by atoms with Crippen molar-refractivity contribution in [2.24, 2.45) is 5.92 Å². The van der Waals surface area contributed by atoms with E-state index in [2.05, 4.69) is 22.5 Å². The second-order valence-electron chi connectivity index (χ2n) is 5.53. The number of hydrogen-bond acceptors (Lipinski definition) is 1. The lowest BCUT2D eigenvalue weighted by Gasteiger charge is -2.17. The Morgan fingerprint density at radius 1 is 1.38 bits per heavy atom. The van der Waals surface area contributed by atoms with E-state index in [1.165, 1.54) is 12.1 Å². The highest BCUT2D eigenvalue weighted by Gasteiger charge is 2.18. The van der Waals surface area contributed by atoms with Crippen LogP contribution >= 0.6 is 0 Å². The number of rotatable bonds is 4. The maximum Gasteiger partial charge on any atom is 0.223 e. The smallest absolute Gasteiger partial charge is 0.223 e. The molecule has 3 rings (SSSR count). The molecule has 0 spiro atoms. The van der Waals surface area contributed by atoms with E-state index in [1.807, 2.05) is 6.20 Å². The maximum absolute atomic E-state index is 13.1. The zero-order valence-electron chi connectivity index (χ0n) is 11.9. The zero-order chi connectivity index (χ0) is 14.7. The van der Waals surface area contributed by atoms with Gasteiger partial charge in [-0.1, -0.05) is 12.2 Å². The van der Waals surface area contributed by atoms with Gasteiger partial charge < -0.3 is 10.3 Å². The molecule has 0 radical (unpaired) electrons. The molecule has 21 heavy (non-hydrogen) atoms. The summed E-state index contributed by atoms with van der Waals surface area (Å²) in [7, 11) is 0. The average molecular weight is 286 g/mol. The predicted octanol–water partition coefficient (Wildman–Crippen LogP) is 3.32. The van der Waals surface area contributed by atoms with Crippen LogP contribution in [0.3, 0.4) is 0 Å². The fourth-order valence-electron chi connectivity index (χ4n) is 2.86. The van der Waals surface area contributed by atoms with Crippen molar-refractivity contribution in [1.29, 1.82) is 0 Å². The van der Waals surface area contributed by atoms with Gasteiger partial charge in [-0.05, 0) is 49.4 Å². The van der Waals surface area contributed by atoms with E-state index in [0.717, 1.165) is 42.1 Å². The van der Waals surface area contributed by atoms with Crippen LogP contribution in [-0.2, 0) is 11.2 Å².